The van der Waals surface area contributed by atoms with Gasteiger partial charge in [-0.15, -0.1) is 0 Å². The summed E-state index contributed by atoms with van der Waals surface area (Å²) in [4.78, 5) is 2.37. The molecule has 2 heterocycles. The summed E-state index contributed by atoms with van der Waals surface area (Å²) in [5.41, 5.74) is 1.29. The predicted octanol–water partition coefficient (Wildman–Crippen LogP) is 2.31. The number of rotatable bonds is 12. The normalized spacial score (nSPS) is 15.3. The first-order valence-electron chi connectivity index (χ1n) is 10.2. The van der Waals surface area contributed by atoms with Crippen molar-refractivity contribution in [1.82, 2.24) is 19.0 Å². The first-order valence-corrected chi connectivity index (χ1v) is 12.4. The number of hydrogen-bond donors (Lipinski definition) is 1. The molecule has 32 heavy (non-hydrogen) atoms. The lowest BCUT2D eigenvalue weighted by Gasteiger charge is -2.44. The molecule has 1 saturated heterocycles. The lowest BCUT2D eigenvalue weighted by Crippen LogP contribution is -2.61. The highest BCUT2D eigenvalue weighted by molar-refractivity contribution is 7.89. The van der Waals surface area contributed by atoms with Crippen LogP contribution in [0.25, 0.3) is 0 Å². The Morgan fingerprint density at radius 3 is 2.34 bits per heavy atom. The number of nitrogens with one attached hydrogen (secondary N) is 1. The Labute approximate surface area is 199 Å². The Balaban J connectivity index is 1.62. The summed E-state index contributed by atoms with van der Waals surface area (Å²) in [5.74, 6) is 0. The molecule has 0 spiro atoms. The van der Waals surface area contributed by atoms with E-state index in [0.717, 1.165) is 13.1 Å². The van der Waals surface area contributed by atoms with Crippen LogP contribution in [0.3, 0.4) is 0 Å². The van der Waals surface area contributed by atoms with Gasteiger partial charge in [-0.05, 0) is 18.2 Å². The van der Waals surface area contributed by atoms with Crippen LogP contribution < -0.4 is 5.32 Å². The number of aryl methyl sites for hydroxylation is 1. The highest BCUT2D eigenvalue weighted by Gasteiger charge is 2.39. The van der Waals surface area contributed by atoms with Crippen molar-refractivity contribution in [2.24, 2.45) is 7.05 Å². The second-order valence-corrected chi connectivity index (χ2v) is 10.3. The van der Waals surface area contributed by atoms with Gasteiger partial charge in [-0.25, -0.2) is 8.42 Å². The number of halogens is 2. The standard InChI is InChI=1S/C20H29Cl2N5O4S/c1-25-14-18(22)20(24-25)11-23-19-5-4-16(10-17(19)21)32(28,29)27-12-15(13-27)26(6-8-30-2)7-9-31-3/h4-5,10,14-15,23H,6-9,11-13H2,1-3H3. The summed E-state index contributed by atoms with van der Waals surface area (Å²) in [6, 6.07) is 4.83. The van der Waals surface area contributed by atoms with Crippen molar-refractivity contribution >= 4 is 38.9 Å². The molecule has 178 valence electrons. The fraction of sp³-hybridized carbons (Fsp3) is 0.550. The van der Waals surface area contributed by atoms with E-state index in [0.29, 0.717) is 54.3 Å². The van der Waals surface area contributed by atoms with E-state index in [2.05, 4.69) is 15.3 Å². The van der Waals surface area contributed by atoms with Crippen LogP contribution in [0.2, 0.25) is 10.0 Å². The third kappa shape index (κ3) is 5.93. The van der Waals surface area contributed by atoms with Crippen molar-refractivity contribution in [3.05, 3.63) is 40.1 Å². The van der Waals surface area contributed by atoms with Crippen LogP contribution in [0.1, 0.15) is 5.69 Å². The van der Waals surface area contributed by atoms with E-state index in [9.17, 15) is 8.42 Å². The van der Waals surface area contributed by atoms with E-state index in [1.807, 2.05) is 0 Å². The number of benzene rings is 1. The van der Waals surface area contributed by atoms with Crippen molar-refractivity contribution in [2.75, 3.05) is 58.9 Å². The van der Waals surface area contributed by atoms with Gasteiger partial charge in [0.15, 0.2) is 0 Å². The third-order valence-corrected chi connectivity index (χ3v) is 7.85. The molecule has 1 aromatic heterocycles. The number of methoxy groups -OCH3 is 2. The number of aromatic nitrogens is 2. The Kier molecular flexibility index (Phi) is 8.79. The second kappa shape index (κ2) is 11.1. The van der Waals surface area contributed by atoms with Crippen molar-refractivity contribution in [1.29, 1.82) is 0 Å². The van der Waals surface area contributed by atoms with Crippen molar-refractivity contribution in [2.45, 2.75) is 17.5 Å². The summed E-state index contributed by atoms with van der Waals surface area (Å²) in [7, 11) is 1.47. The van der Waals surface area contributed by atoms with Gasteiger partial charge >= 0.3 is 0 Å². The average Bonchev–Trinajstić information content (AvgIpc) is 3.04. The van der Waals surface area contributed by atoms with Gasteiger partial charge in [-0.2, -0.15) is 9.40 Å². The maximum atomic E-state index is 13.0. The first kappa shape index (κ1) is 25.2. The molecule has 0 aliphatic carbocycles. The van der Waals surface area contributed by atoms with Crippen molar-refractivity contribution < 1.29 is 17.9 Å². The molecule has 1 aromatic carbocycles. The lowest BCUT2D eigenvalue weighted by molar-refractivity contribution is 0.0411. The molecule has 1 N–H and O–H groups in total. The molecule has 9 nitrogen and oxygen atoms in total. The largest absolute Gasteiger partial charge is 0.383 e. The fourth-order valence-corrected chi connectivity index (χ4v) is 5.59. The minimum Gasteiger partial charge on any atom is -0.383 e. The Morgan fingerprint density at radius 2 is 1.81 bits per heavy atom. The molecule has 2 aromatic rings. The number of ether oxygens (including phenoxy) is 2. The molecule has 0 unspecified atom stereocenters. The van der Waals surface area contributed by atoms with E-state index >= 15 is 0 Å². The molecule has 0 bridgehead atoms. The number of hydrogen-bond acceptors (Lipinski definition) is 7. The van der Waals surface area contributed by atoms with Crippen LogP contribution in [0.5, 0.6) is 0 Å². The zero-order valence-electron chi connectivity index (χ0n) is 18.4. The van der Waals surface area contributed by atoms with Gasteiger partial charge in [-0.1, -0.05) is 23.2 Å². The van der Waals surface area contributed by atoms with E-state index in [1.54, 1.807) is 44.3 Å². The molecule has 1 aliphatic rings. The molecule has 0 atom stereocenters. The second-order valence-electron chi connectivity index (χ2n) is 7.59. The van der Waals surface area contributed by atoms with Crippen LogP contribution in [0, 0.1) is 0 Å². The summed E-state index contributed by atoms with van der Waals surface area (Å²) in [6.07, 6.45) is 1.71. The summed E-state index contributed by atoms with van der Waals surface area (Å²) >= 11 is 12.5. The average molecular weight is 506 g/mol. The van der Waals surface area contributed by atoms with Crippen LogP contribution in [0.15, 0.2) is 29.3 Å². The molecule has 0 radical (unpaired) electrons. The van der Waals surface area contributed by atoms with Gasteiger partial charge in [0.25, 0.3) is 0 Å². The van der Waals surface area contributed by atoms with E-state index < -0.39 is 10.0 Å². The summed E-state index contributed by atoms with van der Waals surface area (Å²) in [6.45, 7) is 3.84. The van der Waals surface area contributed by atoms with Gasteiger partial charge in [0.05, 0.1) is 40.4 Å². The van der Waals surface area contributed by atoms with Crippen LogP contribution in [-0.4, -0.2) is 87.1 Å². The van der Waals surface area contributed by atoms with Crippen molar-refractivity contribution in [3.8, 4) is 0 Å². The Morgan fingerprint density at radius 1 is 1.16 bits per heavy atom. The molecular formula is C20H29Cl2N5O4S. The summed E-state index contributed by atoms with van der Waals surface area (Å²) in [5, 5.41) is 8.28. The van der Waals surface area contributed by atoms with E-state index in [4.69, 9.17) is 32.7 Å². The fourth-order valence-electron chi connectivity index (χ4n) is 3.49. The monoisotopic (exact) mass is 505 g/mol. The molecule has 1 aliphatic heterocycles. The minimum atomic E-state index is -3.62. The van der Waals surface area contributed by atoms with E-state index in [-0.39, 0.29) is 10.9 Å². The third-order valence-electron chi connectivity index (χ3n) is 5.39. The van der Waals surface area contributed by atoms with Crippen molar-refractivity contribution in [3.63, 3.8) is 0 Å². The molecule has 1 fully saturated rings. The van der Waals surface area contributed by atoms with Gasteiger partial charge < -0.3 is 14.8 Å². The summed E-state index contributed by atoms with van der Waals surface area (Å²) < 4.78 is 39.5. The zero-order chi connectivity index (χ0) is 23.3. The topological polar surface area (TPSA) is 88.9 Å². The quantitative estimate of drug-likeness (QED) is 0.473. The SMILES string of the molecule is COCCN(CCOC)C1CN(S(=O)(=O)c2ccc(NCc3nn(C)cc3Cl)c(Cl)c2)C1. The van der Waals surface area contributed by atoms with Gasteiger partial charge in [0.2, 0.25) is 10.0 Å². The van der Waals surface area contributed by atoms with Crippen LogP contribution >= 0.6 is 23.2 Å². The zero-order valence-corrected chi connectivity index (χ0v) is 20.8. The van der Waals surface area contributed by atoms with Gasteiger partial charge in [-0.3, -0.25) is 9.58 Å². The molecular weight excluding hydrogens is 477 g/mol. The highest BCUT2D eigenvalue weighted by Crippen LogP contribution is 2.30. The van der Waals surface area contributed by atoms with Crippen LogP contribution in [-0.2, 0) is 33.1 Å². The minimum absolute atomic E-state index is 0.134. The number of anilines is 1. The first-order chi connectivity index (χ1) is 15.3. The number of sulfonamides is 1. The molecule has 12 heteroatoms. The highest BCUT2D eigenvalue weighted by atomic mass is 35.5. The van der Waals surface area contributed by atoms with Gasteiger partial charge in [0, 0.05) is 59.7 Å². The lowest BCUT2D eigenvalue weighted by atomic mass is 10.1. The smallest absolute Gasteiger partial charge is 0.243 e. The van der Waals surface area contributed by atoms with Gasteiger partial charge in [0.1, 0.15) is 5.69 Å². The molecule has 0 saturated carbocycles. The maximum Gasteiger partial charge on any atom is 0.243 e. The molecule has 0 amide bonds. The predicted molar refractivity (Wildman–Crippen MR) is 125 cm³/mol. The Bertz CT molecular complexity index is 1000. The number of nitrogens with zero attached hydrogens (tertiary/aromatic N) is 4. The molecule has 3 rings (SSSR count). The Hall–Kier alpha value is -1.40. The van der Waals surface area contributed by atoms with E-state index in [1.165, 1.54) is 10.4 Å². The maximum absolute atomic E-state index is 13.0. The van der Waals surface area contributed by atoms with Crippen LogP contribution in [0.4, 0.5) is 5.69 Å².